The van der Waals surface area contributed by atoms with Gasteiger partial charge < -0.3 is 69.1 Å². The average molecular weight is 906 g/mol. The van der Waals surface area contributed by atoms with E-state index in [1.165, 1.54) is 11.8 Å². The number of primary amides is 1. The second-order valence-corrected chi connectivity index (χ2v) is 16.6. The Balaban J connectivity index is 6.49. The van der Waals surface area contributed by atoms with E-state index in [9.17, 15) is 68.4 Å². The Morgan fingerprint density at radius 2 is 1.02 bits per heavy atom. The molecular formula is C38H67N9O14S. The first-order valence-electron chi connectivity index (χ1n) is 20.3. The third kappa shape index (κ3) is 21.1. The van der Waals surface area contributed by atoms with Crippen LogP contribution in [0.1, 0.15) is 86.5 Å². The van der Waals surface area contributed by atoms with Crippen molar-refractivity contribution in [1.29, 1.82) is 0 Å². The molecule has 0 radical (unpaired) electrons. The molecule has 0 saturated carbocycles. The van der Waals surface area contributed by atoms with Crippen LogP contribution in [0.3, 0.4) is 0 Å². The highest BCUT2D eigenvalue weighted by atomic mass is 32.2. The van der Waals surface area contributed by atoms with E-state index in [0.29, 0.717) is 5.75 Å². The maximum Gasteiger partial charge on any atom is 0.326 e. The number of nitrogens with two attached hydrogens (primary N) is 2. The minimum atomic E-state index is -1.72. The van der Waals surface area contributed by atoms with Gasteiger partial charge in [-0.15, -0.1) is 0 Å². The third-order valence-corrected chi connectivity index (χ3v) is 10.2. The third-order valence-electron chi connectivity index (χ3n) is 9.55. The standard InChI is InChI=1S/C38H67N9O14S/c1-8-20(6)30(37(59)42-22(9-11-27(40)50)32(54)44-25(15-18(2)3)34(56)43-24(38(60)61)13-14-62-7)47-33(55)23(10-12-28(51)52)41-35(57)26(17-49)45-36(58)29(19(4)5)46-31(53)21(39)16-48/h18-26,29-30,48-49H,8-17,39H2,1-7H3,(H2,40,50)(H,41,57)(H,42,59)(H,43,56)(H,44,54)(H,45,58)(H,46,53)(H,47,55)(H,51,52)(H,60,61). The minimum Gasteiger partial charge on any atom is -0.481 e. The Morgan fingerprint density at radius 3 is 1.48 bits per heavy atom. The average Bonchev–Trinajstić information content (AvgIpc) is 3.20. The van der Waals surface area contributed by atoms with Crippen LogP contribution in [0.2, 0.25) is 0 Å². The molecule has 15 N–H and O–H groups in total. The molecule has 24 heteroatoms. The summed E-state index contributed by atoms with van der Waals surface area (Å²) in [5, 5.41) is 55.0. The lowest BCUT2D eigenvalue weighted by atomic mass is 9.96. The van der Waals surface area contributed by atoms with Gasteiger partial charge >= 0.3 is 11.9 Å². The van der Waals surface area contributed by atoms with Crippen molar-refractivity contribution in [3.8, 4) is 0 Å². The van der Waals surface area contributed by atoms with Gasteiger partial charge in [-0.1, -0.05) is 48.0 Å². The molecule has 9 atom stereocenters. The molecule has 0 heterocycles. The highest BCUT2D eigenvalue weighted by Gasteiger charge is 2.36. The summed E-state index contributed by atoms with van der Waals surface area (Å²) in [4.78, 5) is 129. The lowest BCUT2D eigenvalue weighted by Crippen LogP contribution is -2.62. The maximum absolute atomic E-state index is 13.9. The van der Waals surface area contributed by atoms with Crippen LogP contribution in [0.15, 0.2) is 0 Å². The van der Waals surface area contributed by atoms with Gasteiger partial charge in [-0.3, -0.25) is 43.2 Å². The predicted molar refractivity (Wildman–Crippen MR) is 225 cm³/mol. The van der Waals surface area contributed by atoms with Gasteiger partial charge in [0.15, 0.2) is 0 Å². The van der Waals surface area contributed by atoms with Gasteiger partial charge in [0.05, 0.1) is 13.2 Å². The Bertz CT molecular complexity index is 1550. The molecule has 0 bridgehead atoms. The van der Waals surface area contributed by atoms with Gasteiger partial charge in [-0.05, 0) is 55.4 Å². The number of thioether (sulfide) groups is 1. The van der Waals surface area contributed by atoms with Crippen molar-refractivity contribution in [3.05, 3.63) is 0 Å². The van der Waals surface area contributed by atoms with Crippen LogP contribution in [-0.2, 0) is 47.9 Å². The molecule has 23 nitrogen and oxygen atoms in total. The maximum atomic E-state index is 13.9. The summed E-state index contributed by atoms with van der Waals surface area (Å²) < 4.78 is 0. The van der Waals surface area contributed by atoms with Gasteiger partial charge in [0.25, 0.3) is 0 Å². The summed E-state index contributed by atoms with van der Waals surface area (Å²) in [6, 6.07) is -11.5. The first-order chi connectivity index (χ1) is 28.9. The molecule has 0 aliphatic carbocycles. The second kappa shape index (κ2) is 29.3. The van der Waals surface area contributed by atoms with Crippen LogP contribution in [0.5, 0.6) is 0 Å². The lowest BCUT2D eigenvalue weighted by molar-refractivity contribution is -0.142. The fourth-order valence-corrected chi connectivity index (χ4v) is 6.13. The highest BCUT2D eigenvalue weighted by Crippen LogP contribution is 2.13. The smallest absolute Gasteiger partial charge is 0.326 e. The first kappa shape index (κ1) is 56.9. The number of carbonyl (C=O) groups is 10. The van der Waals surface area contributed by atoms with Crippen molar-refractivity contribution in [2.45, 2.75) is 135 Å². The molecule has 0 aromatic heterocycles. The quantitative estimate of drug-likeness (QED) is 0.0320. The molecule has 354 valence electrons. The van der Waals surface area contributed by atoms with E-state index in [1.807, 2.05) is 0 Å². The van der Waals surface area contributed by atoms with Crippen LogP contribution < -0.4 is 48.7 Å². The predicted octanol–water partition coefficient (Wildman–Crippen LogP) is -3.59. The molecule has 0 aliphatic heterocycles. The molecule has 0 fully saturated rings. The number of aliphatic carboxylic acids is 2. The van der Waals surface area contributed by atoms with E-state index in [2.05, 4.69) is 37.2 Å². The molecular weight excluding hydrogens is 839 g/mol. The summed E-state index contributed by atoms with van der Waals surface area (Å²) in [5.41, 5.74) is 10.9. The van der Waals surface area contributed by atoms with Crippen LogP contribution in [-0.4, -0.2) is 153 Å². The lowest BCUT2D eigenvalue weighted by Gasteiger charge is -2.30. The van der Waals surface area contributed by atoms with E-state index in [1.54, 1.807) is 47.8 Å². The van der Waals surface area contributed by atoms with Crippen molar-refractivity contribution in [2.24, 2.45) is 29.2 Å². The fourth-order valence-electron chi connectivity index (χ4n) is 5.66. The van der Waals surface area contributed by atoms with E-state index in [-0.39, 0.29) is 31.6 Å². The van der Waals surface area contributed by atoms with Gasteiger partial charge in [0.2, 0.25) is 47.3 Å². The van der Waals surface area contributed by atoms with E-state index in [4.69, 9.17) is 11.5 Å². The van der Waals surface area contributed by atoms with E-state index >= 15 is 0 Å². The zero-order valence-electron chi connectivity index (χ0n) is 36.4. The molecule has 9 unspecified atom stereocenters. The second-order valence-electron chi connectivity index (χ2n) is 15.6. The Labute approximate surface area is 365 Å². The van der Waals surface area contributed by atoms with E-state index in [0.717, 1.165) is 0 Å². The van der Waals surface area contributed by atoms with Crippen molar-refractivity contribution >= 4 is 71.0 Å². The number of rotatable bonds is 31. The van der Waals surface area contributed by atoms with Crippen LogP contribution in [0.4, 0.5) is 0 Å². The molecule has 0 rings (SSSR count). The van der Waals surface area contributed by atoms with Gasteiger partial charge in [-0.2, -0.15) is 11.8 Å². The van der Waals surface area contributed by atoms with Crippen molar-refractivity contribution < 1.29 is 68.4 Å². The SMILES string of the molecule is CCC(C)C(NC(=O)C(CCC(=O)O)NC(=O)C(CO)NC(=O)C(NC(=O)C(N)CO)C(C)C)C(=O)NC(CCC(N)=O)C(=O)NC(CC(C)C)C(=O)NC(CCSC)C(=O)O. The largest absolute Gasteiger partial charge is 0.481 e. The number of carboxylic acid groups (broad SMARTS) is 2. The number of hydrogen-bond donors (Lipinski definition) is 13. The van der Waals surface area contributed by atoms with Gasteiger partial charge in [0, 0.05) is 12.8 Å². The number of carbonyl (C=O) groups excluding carboxylic acids is 8. The number of nitrogens with one attached hydrogen (secondary N) is 7. The fraction of sp³-hybridized carbons (Fsp3) is 0.737. The molecule has 0 aliphatic rings. The molecule has 0 aromatic carbocycles. The number of carboxylic acids is 2. The topological polar surface area (TPSA) is 388 Å². The normalized spacial score (nSPS) is 15.5. The van der Waals surface area contributed by atoms with Crippen LogP contribution in [0.25, 0.3) is 0 Å². The van der Waals surface area contributed by atoms with Crippen molar-refractivity contribution in [1.82, 2.24) is 37.2 Å². The zero-order valence-corrected chi connectivity index (χ0v) is 37.2. The molecule has 0 saturated heterocycles. The summed E-state index contributed by atoms with van der Waals surface area (Å²) in [6.45, 7) is 8.15. The molecule has 0 spiro atoms. The van der Waals surface area contributed by atoms with Crippen LogP contribution >= 0.6 is 11.8 Å². The Kier molecular flexibility index (Phi) is 26.9. The van der Waals surface area contributed by atoms with Crippen LogP contribution in [0, 0.1) is 17.8 Å². The highest BCUT2D eigenvalue weighted by molar-refractivity contribution is 7.98. The van der Waals surface area contributed by atoms with Crippen molar-refractivity contribution in [2.75, 3.05) is 25.2 Å². The Morgan fingerprint density at radius 1 is 0.565 bits per heavy atom. The summed E-state index contributed by atoms with van der Waals surface area (Å²) in [5.74, 6) is -11.1. The van der Waals surface area contributed by atoms with E-state index < -0.39 is 152 Å². The molecule has 62 heavy (non-hydrogen) atoms. The monoisotopic (exact) mass is 905 g/mol. The molecule has 0 aromatic rings. The number of amides is 8. The number of hydrogen-bond acceptors (Lipinski definition) is 14. The number of aliphatic hydroxyl groups excluding tert-OH is 2. The summed E-state index contributed by atoms with van der Waals surface area (Å²) in [6.07, 6.45) is 0.253. The van der Waals surface area contributed by atoms with Gasteiger partial charge in [-0.25, -0.2) is 4.79 Å². The number of aliphatic hydroxyl groups is 2. The Hall–Kier alpha value is -5.07. The van der Waals surface area contributed by atoms with Crippen molar-refractivity contribution in [3.63, 3.8) is 0 Å². The molecule has 8 amide bonds. The summed E-state index contributed by atoms with van der Waals surface area (Å²) >= 11 is 1.37. The summed E-state index contributed by atoms with van der Waals surface area (Å²) in [7, 11) is 0. The minimum absolute atomic E-state index is 0.0625. The van der Waals surface area contributed by atoms with Gasteiger partial charge in [0.1, 0.15) is 48.3 Å². The zero-order chi connectivity index (χ0) is 47.9. The first-order valence-corrected chi connectivity index (χ1v) is 21.6.